The molecule has 1 aromatic carbocycles. The normalized spacial score (nSPS) is 16.0. The minimum Gasteiger partial charge on any atom is -0.350 e. The van der Waals surface area contributed by atoms with Gasteiger partial charge >= 0.3 is 0 Å². The second kappa shape index (κ2) is 6.97. The topological polar surface area (TPSA) is 85.1 Å². The highest BCUT2D eigenvalue weighted by molar-refractivity contribution is 5.99. The Labute approximate surface area is 173 Å². The van der Waals surface area contributed by atoms with Gasteiger partial charge in [0.05, 0.1) is 6.54 Å². The van der Waals surface area contributed by atoms with E-state index in [9.17, 15) is 14.0 Å². The molecule has 0 saturated heterocycles. The molecular weight excluding hydrogens is 385 g/mol. The fraction of sp³-hybridized carbons (Fsp3) is 0.409. The van der Waals surface area contributed by atoms with E-state index in [0.29, 0.717) is 48.9 Å². The van der Waals surface area contributed by atoms with Crippen LogP contribution in [-0.2, 0) is 19.4 Å². The van der Waals surface area contributed by atoms with Gasteiger partial charge in [0, 0.05) is 48.2 Å². The van der Waals surface area contributed by atoms with Crippen LogP contribution >= 0.6 is 0 Å². The first-order valence-corrected chi connectivity index (χ1v) is 10.4. The van der Waals surface area contributed by atoms with E-state index in [-0.39, 0.29) is 17.6 Å². The second-order valence-electron chi connectivity index (χ2n) is 8.22. The van der Waals surface area contributed by atoms with Crippen LogP contribution in [0.1, 0.15) is 57.6 Å². The Hall–Kier alpha value is -3.16. The van der Waals surface area contributed by atoms with Crippen LogP contribution in [0.2, 0.25) is 0 Å². The van der Waals surface area contributed by atoms with E-state index in [2.05, 4.69) is 15.2 Å². The van der Waals surface area contributed by atoms with Gasteiger partial charge in [0.2, 0.25) is 0 Å². The molecule has 0 atom stereocenters. The van der Waals surface area contributed by atoms with Crippen LogP contribution in [0.4, 0.5) is 4.39 Å². The molecule has 0 radical (unpaired) electrons. The number of benzene rings is 1. The number of hydrogen-bond acceptors (Lipinski definition) is 3. The highest BCUT2D eigenvalue weighted by Gasteiger charge is 2.34. The number of nitrogens with zero attached hydrogens (tertiary/aromatic N) is 3. The minimum absolute atomic E-state index is 0.0991. The first-order chi connectivity index (χ1) is 14.5. The third-order valence-corrected chi connectivity index (χ3v) is 6.24. The third kappa shape index (κ3) is 3.07. The standard InChI is InChI=1S/C22H24FN5O2/c1-3-12-8-13(23)9-18-15(12)10-19(24-18)21(29)28-7-6-17-16(11-28)20(26-25-17)22(30)27(2)14-4-5-14/h8-10,14,24H,3-7,11H2,1-2H3,(H,25,26). The zero-order valence-electron chi connectivity index (χ0n) is 17.1. The summed E-state index contributed by atoms with van der Waals surface area (Å²) in [5.74, 6) is -0.573. The number of aromatic nitrogens is 3. The molecule has 0 unspecified atom stereocenters. The summed E-state index contributed by atoms with van der Waals surface area (Å²) in [6.07, 6.45) is 3.35. The number of fused-ring (bicyclic) bond motifs is 2. The maximum absolute atomic E-state index is 13.9. The number of aryl methyl sites for hydroxylation is 1. The Balaban J connectivity index is 1.42. The number of halogens is 1. The molecule has 2 aromatic heterocycles. The van der Waals surface area contributed by atoms with E-state index in [1.165, 1.54) is 12.1 Å². The van der Waals surface area contributed by atoms with Gasteiger partial charge in [-0.1, -0.05) is 6.92 Å². The number of carbonyl (C=O) groups is 2. The quantitative estimate of drug-likeness (QED) is 0.695. The molecule has 3 heterocycles. The lowest BCUT2D eigenvalue weighted by Gasteiger charge is -2.27. The van der Waals surface area contributed by atoms with Crippen molar-refractivity contribution in [1.82, 2.24) is 25.0 Å². The largest absolute Gasteiger partial charge is 0.350 e. The predicted octanol–water partition coefficient (Wildman–Crippen LogP) is 3.03. The first-order valence-electron chi connectivity index (χ1n) is 10.4. The van der Waals surface area contributed by atoms with Gasteiger partial charge < -0.3 is 14.8 Å². The van der Waals surface area contributed by atoms with E-state index in [1.807, 2.05) is 14.0 Å². The number of rotatable bonds is 4. The molecule has 0 bridgehead atoms. The fourth-order valence-corrected chi connectivity index (χ4v) is 4.29. The molecule has 8 heteroatoms. The Morgan fingerprint density at radius 3 is 2.83 bits per heavy atom. The van der Waals surface area contributed by atoms with Crippen LogP contribution in [0.15, 0.2) is 18.2 Å². The lowest BCUT2D eigenvalue weighted by atomic mass is 10.0. The van der Waals surface area contributed by atoms with Gasteiger partial charge in [-0.25, -0.2) is 4.39 Å². The zero-order chi connectivity index (χ0) is 21.0. The Kier molecular flexibility index (Phi) is 4.38. The van der Waals surface area contributed by atoms with Gasteiger partial charge in [-0.05, 0) is 43.0 Å². The highest BCUT2D eigenvalue weighted by atomic mass is 19.1. The van der Waals surface area contributed by atoms with Gasteiger partial charge in [-0.15, -0.1) is 0 Å². The number of amides is 2. The zero-order valence-corrected chi connectivity index (χ0v) is 17.1. The summed E-state index contributed by atoms with van der Waals surface area (Å²) in [5, 5.41) is 8.10. The number of H-pyrrole nitrogens is 2. The molecule has 2 aliphatic rings. The average molecular weight is 409 g/mol. The van der Waals surface area contributed by atoms with Gasteiger partial charge in [-0.3, -0.25) is 14.7 Å². The Morgan fingerprint density at radius 2 is 2.10 bits per heavy atom. The molecule has 1 aliphatic carbocycles. The van der Waals surface area contributed by atoms with Crippen molar-refractivity contribution >= 4 is 22.7 Å². The van der Waals surface area contributed by atoms with E-state index in [4.69, 9.17) is 0 Å². The van der Waals surface area contributed by atoms with Crippen molar-refractivity contribution in [3.05, 3.63) is 52.2 Å². The maximum Gasteiger partial charge on any atom is 0.274 e. The number of carbonyl (C=O) groups excluding carboxylic acids is 2. The molecule has 1 aliphatic heterocycles. The second-order valence-corrected chi connectivity index (χ2v) is 8.22. The molecule has 2 amide bonds. The SMILES string of the molecule is CCc1cc(F)cc2[nH]c(C(=O)N3CCc4[nH]nc(C(=O)N(C)C5CC5)c4C3)cc12. The van der Waals surface area contributed by atoms with E-state index >= 15 is 0 Å². The summed E-state index contributed by atoms with van der Waals surface area (Å²) in [5.41, 5.74) is 4.04. The van der Waals surface area contributed by atoms with Crippen molar-refractivity contribution in [3.63, 3.8) is 0 Å². The van der Waals surface area contributed by atoms with Crippen molar-refractivity contribution in [3.8, 4) is 0 Å². The van der Waals surface area contributed by atoms with Crippen LogP contribution in [-0.4, -0.2) is 56.4 Å². The molecule has 0 spiro atoms. The molecule has 2 N–H and O–H groups in total. The number of hydrogen-bond donors (Lipinski definition) is 2. The summed E-state index contributed by atoms with van der Waals surface area (Å²) in [6, 6.07) is 5.02. The summed E-state index contributed by atoms with van der Waals surface area (Å²) in [6.45, 7) is 2.82. The van der Waals surface area contributed by atoms with Crippen molar-refractivity contribution < 1.29 is 14.0 Å². The van der Waals surface area contributed by atoms with Gasteiger partial charge in [-0.2, -0.15) is 5.10 Å². The molecule has 5 rings (SSSR count). The fourth-order valence-electron chi connectivity index (χ4n) is 4.29. The smallest absolute Gasteiger partial charge is 0.274 e. The monoisotopic (exact) mass is 409 g/mol. The average Bonchev–Trinajstić information content (AvgIpc) is 3.37. The minimum atomic E-state index is -0.316. The lowest BCUT2D eigenvalue weighted by molar-refractivity contribution is 0.0717. The molecular formula is C22H24FN5O2. The predicted molar refractivity (Wildman–Crippen MR) is 110 cm³/mol. The van der Waals surface area contributed by atoms with Gasteiger partial charge in [0.1, 0.15) is 11.5 Å². The van der Waals surface area contributed by atoms with Crippen molar-refractivity contribution in [2.45, 2.75) is 45.2 Å². The molecule has 1 saturated carbocycles. The van der Waals surface area contributed by atoms with Crippen molar-refractivity contribution in [2.75, 3.05) is 13.6 Å². The van der Waals surface area contributed by atoms with Gasteiger partial charge in [0.15, 0.2) is 5.69 Å². The molecule has 30 heavy (non-hydrogen) atoms. The summed E-state index contributed by atoms with van der Waals surface area (Å²) in [4.78, 5) is 32.6. The summed E-state index contributed by atoms with van der Waals surface area (Å²) < 4.78 is 13.9. The maximum atomic E-state index is 13.9. The number of nitrogens with one attached hydrogen (secondary N) is 2. The molecule has 1 fully saturated rings. The van der Waals surface area contributed by atoms with E-state index in [1.54, 1.807) is 15.9 Å². The summed E-state index contributed by atoms with van der Waals surface area (Å²) >= 11 is 0. The van der Waals surface area contributed by atoms with E-state index in [0.717, 1.165) is 35.0 Å². The first kappa shape index (κ1) is 18.8. The van der Waals surface area contributed by atoms with Crippen LogP contribution in [0.3, 0.4) is 0 Å². The van der Waals surface area contributed by atoms with Crippen molar-refractivity contribution in [1.29, 1.82) is 0 Å². The van der Waals surface area contributed by atoms with Crippen LogP contribution < -0.4 is 0 Å². The molecule has 156 valence electrons. The molecule has 7 nitrogen and oxygen atoms in total. The lowest BCUT2D eigenvalue weighted by Crippen LogP contribution is -2.37. The van der Waals surface area contributed by atoms with Crippen LogP contribution in [0.25, 0.3) is 10.9 Å². The van der Waals surface area contributed by atoms with Crippen molar-refractivity contribution in [2.24, 2.45) is 0 Å². The number of aromatic amines is 2. The molecule has 3 aromatic rings. The van der Waals surface area contributed by atoms with Gasteiger partial charge in [0.25, 0.3) is 11.8 Å². The summed E-state index contributed by atoms with van der Waals surface area (Å²) in [7, 11) is 1.81. The highest BCUT2D eigenvalue weighted by Crippen LogP contribution is 2.29. The van der Waals surface area contributed by atoms with Crippen LogP contribution in [0, 0.1) is 5.82 Å². The Bertz CT molecular complexity index is 1160. The van der Waals surface area contributed by atoms with E-state index < -0.39 is 0 Å². The third-order valence-electron chi connectivity index (χ3n) is 6.24. The Morgan fingerprint density at radius 1 is 1.30 bits per heavy atom. The van der Waals surface area contributed by atoms with Crippen LogP contribution in [0.5, 0.6) is 0 Å².